The van der Waals surface area contributed by atoms with Crippen molar-refractivity contribution in [3.63, 3.8) is 0 Å². The van der Waals surface area contributed by atoms with Gasteiger partial charge < -0.3 is 9.47 Å². The molecule has 0 N–H and O–H groups in total. The summed E-state index contributed by atoms with van der Waals surface area (Å²) < 4.78 is 2.54. The lowest BCUT2D eigenvalue weighted by Crippen LogP contribution is -2.13. The highest BCUT2D eigenvalue weighted by atomic mass is 15.1. The summed E-state index contributed by atoms with van der Waals surface area (Å²) in [5.41, 5.74) is 20.9. The van der Waals surface area contributed by atoms with Crippen molar-refractivity contribution >= 4 is 71.2 Å². The van der Waals surface area contributed by atoms with E-state index in [1.54, 1.807) is 0 Å². The number of hydrogen-bond donors (Lipinski definition) is 0. The van der Waals surface area contributed by atoms with E-state index in [-0.39, 0.29) is 27.1 Å². The van der Waals surface area contributed by atoms with Crippen molar-refractivity contribution in [2.24, 2.45) is 0 Å². The Morgan fingerprint density at radius 1 is 0.287 bits per heavy atom. The fraction of sp³-hybridized carbons (Fsp3) is 0.256. The van der Waals surface area contributed by atoms with Crippen molar-refractivity contribution in [1.82, 2.24) is 4.57 Å². The van der Waals surface area contributed by atoms with E-state index in [1.165, 1.54) is 121 Å². The van der Waals surface area contributed by atoms with Gasteiger partial charge in [0.1, 0.15) is 0 Å². The zero-order valence-electron chi connectivity index (χ0n) is 49.9. The summed E-state index contributed by atoms with van der Waals surface area (Å²) in [4.78, 5) is 2.56. The minimum atomic E-state index is 0.0124. The number of rotatable bonds is 7. The highest BCUT2D eigenvalue weighted by Crippen LogP contribution is 2.50. The maximum atomic E-state index is 2.56. The van der Waals surface area contributed by atoms with Crippen LogP contribution in [0.5, 0.6) is 0 Å². The molecule has 0 aliphatic heterocycles. The summed E-state index contributed by atoms with van der Waals surface area (Å²) in [5, 5.41) is 10.1. The van der Waals surface area contributed by atoms with Crippen LogP contribution in [0, 0.1) is 0 Å². The molecular formula is C78H78N2. The molecule has 0 fully saturated rings. The first kappa shape index (κ1) is 52.7. The average Bonchev–Trinajstić information content (AvgIpc) is 3.92. The molecule has 0 aliphatic carbocycles. The summed E-state index contributed by atoms with van der Waals surface area (Å²) in [6, 6.07) is 77.3. The van der Waals surface area contributed by atoms with E-state index in [2.05, 4.69) is 314 Å². The summed E-state index contributed by atoms with van der Waals surface area (Å²) >= 11 is 0. The number of benzene rings is 11. The number of anilines is 3. The van der Waals surface area contributed by atoms with E-state index >= 15 is 0 Å². The molecule has 0 bridgehead atoms. The molecule has 80 heavy (non-hydrogen) atoms. The quantitative estimate of drug-likeness (QED) is 0.144. The Labute approximate surface area is 476 Å². The molecule has 11 aromatic carbocycles. The summed E-state index contributed by atoms with van der Waals surface area (Å²) in [6.45, 7) is 34.5. The second-order valence-corrected chi connectivity index (χ2v) is 28.0. The summed E-state index contributed by atoms with van der Waals surface area (Å²) in [5.74, 6) is 0. The van der Waals surface area contributed by atoms with Crippen LogP contribution in [-0.4, -0.2) is 4.57 Å². The second kappa shape index (κ2) is 18.8. The molecule has 0 radical (unpaired) electrons. The van der Waals surface area contributed by atoms with Gasteiger partial charge in [0.05, 0.1) is 28.1 Å². The summed E-state index contributed by atoms with van der Waals surface area (Å²) in [7, 11) is 0. The van der Waals surface area contributed by atoms with Gasteiger partial charge in [-0.1, -0.05) is 243 Å². The van der Waals surface area contributed by atoms with Crippen LogP contribution in [0.2, 0.25) is 0 Å². The number of hydrogen-bond acceptors (Lipinski definition) is 1. The first-order valence-corrected chi connectivity index (χ1v) is 29.0. The van der Waals surface area contributed by atoms with Crippen molar-refractivity contribution in [3.05, 3.63) is 228 Å². The zero-order valence-corrected chi connectivity index (χ0v) is 49.9. The van der Waals surface area contributed by atoms with E-state index in [0.717, 1.165) is 17.1 Å². The fourth-order valence-corrected chi connectivity index (χ4v) is 12.2. The van der Waals surface area contributed by atoms with Gasteiger partial charge in [0.25, 0.3) is 0 Å². The van der Waals surface area contributed by atoms with Gasteiger partial charge in [0.2, 0.25) is 0 Å². The number of nitrogens with zero attached hydrogens (tertiary/aromatic N) is 2. The van der Waals surface area contributed by atoms with Crippen LogP contribution in [0.25, 0.3) is 93.2 Å². The lowest BCUT2D eigenvalue weighted by Gasteiger charge is -2.31. The van der Waals surface area contributed by atoms with Crippen LogP contribution in [0.3, 0.4) is 0 Å². The Hall–Kier alpha value is -7.94. The fourth-order valence-electron chi connectivity index (χ4n) is 12.2. The van der Waals surface area contributed by atoms with Crippen LogP contribution < -0.4 is 4.90 Å². The van der Waals surface area contributed by atoms with Gasteiger partial charge in [0, 0.05) is 32.8 Å². The van der Waals surface area contributed by atoms with E-state index in [1.807, 2.05) is 0 Å². The molecule has 0 saturated heterocycles. The first-order valence-electron chi connectivity index (χ1n) is 29.0. The predicted molar refractivity (Wildman–Crippen MR) is 349 cm³/mol. The van der Waals surface area contributed by atoms with E-state index < -0.39 is 0 Å². The lowest BCUT2D eigenvalue weighted by atomic mass is 9.85. The number of fused-ring (bicyclic) bond motifs is 3. The third-order valence-electron chi connectivity index (χ3n) is 17.1. The molecule has 2 nitrogen and oxygen atoms in total. The van der Waals surface area contributed by atoms with Crippen LogP contribution >= 0.6 is 0 Å². The average molecular weight is 1040 g/mol. The molecule has 0 aliphatic rings. The van der Waals surface area contributed by atoms with Crippen molar-refractivity contribution in [3.8, 4) is 39.1 Å². The largest absolute Gasteiger partial charge is 0.309 e. The molecule has 12 aromatic rings. The molecule has 0 spiro atoms. The topological polar surface area (TPSA) is 8.17 Å². The molecular weight excluding hydrogens is 965 g/mol. The first-order chi connectivity index (χ1) is 37.8. The van der Waals surface area contributed by atoms with Gasteiger partial charge in [-0.2, -0.15) is 0 Å². The third-order valence-corrected chi connectivity index (χ3v) is 17.1. The van der Waals surface area contributed by atoms with Gasteiger partial charge in [-0.05, 0) is 165 Å². The highest BCUT2D eigenvalue weighted by molar-refractivity contribution is 6.27. The number of aromatic nitrogens is 1. The second-order valence-electron chi connectivity index (χ2n) is 28.0. The Balaban J connectivity index is 1.14. The minimum absolute atomic E-state index is 0.0124. The Morgan fingerprint density at radius 2 is 0.688 bits per heavy atom. The van der Waals surface area contributed by atoms with Gasteiger partial charge >= 0.3 is 0 Å². The van der Waals surface area contributed by atoms with Crippen LogP contribution in [0.15, 0.2) is 200 Å². The standard InChI is InChI=1S/C78H78N2/c1-74(2,3)56-30-20-49(21-31-56)54-44-55(50-22-32-57(33-23-50)75(4,5)6)46-61(45-54)79(67-19-17-16-18-62(67)51-24-34-58(35-25-51)76(7,8)9)68-40-28-52-27-39-64-69(41-29-53-26-38-63(68)72(52)73(53)64)80-70-42-36-59(77(10,11)12)47-65(70)66-48-60(78(13,14)15)37-43-71(66)80/h16-48H,1-15H3. The molecule has 12 rings (SSSR count). The lowest BCUT2D eigenvalue weighted by molar-refractivity contribution is 0.590. The van der Waals surface area contributed by atoms with Gasteiger partial charge in [-0.25, -0.2) is 0 Å². The van der Waals surface area contributed by atoms with Crippen molar-refractivity contribution in [2.45, 2.75) is 131 Å². The van der Waals surface area contributed by atoms with Crippen LogP contribution in [0.4, 0.5) is 17.1 Å². The zero-order chi connectivity index (χ0) is 56.4. The SMILES string of the molecule is CC(C)(C)c1ccc(-c2cc(-c3ccc(C(C)(C)C)cc3)cc(N(c3ccccc3-c3ccc(C(C)(C)C)cc3)c3ccc4ccc5c(-n6c7ccc(C(C)(C)C)cc7c7cc(C(C)(C)C)ccc76)ccc6ccc3c4c65)c2)cc1. The van der Waals surface area contributed by atoms with E-state index in [4.69, 9.17) is 0 Å². The Bertz CT molecular complexity index is 4170. The van der Waals surface area contributed by atoms with Crippen molar-refractivity contribution in [1.29, 1.82) is 0 Å². The smallest absolute Gasteiger partial charge is 0.0541 e. The van der Waals surface area contributed by atoms with Gasteiger partial charge in [-0.15, -0.1) is 0 Å². The molecule has 0 saturated carbocycles. The molecule has 2 heteroatoms. The van der Waals surface area contributed by atoms with Crippen LogP contribution in [-0.2, 0) is 27.1 Å². The Morgan fingerprint density at radius 3 is 1.16 bits per heavy atom. The highest BCUT2D eigenvalue weighted by Gasteiger charge is 2.27. The molecule has 0 unspecified atom stereocenters. The predicted octanol–water partition coefficient (Wildman–Crippen LogP) is 22.6. The molecule has 0 amide bonds. The molecule has 1 heterocycles. The van der Waals surface area contributed by atoms with E-state index in [9.17, 15) is 0 Å². The Kier molecular flexibility index (Phi) is 12.4. The molecule has 400 valence electrons. The maximum Gasteiger partial charge on any atom is 0.0541 e. The monoisotopic (exact) mass is 1040 g/mol. The third kappa shape index (κ3) is 9.35. The van der Waals surface area contributed by atoms with Gasteiger partial charge in [-0.3, -0.25) is 0 Å². The van der Waals surface area contributed by atoms with Gasteiger partial charge in [0.15, 0.2) is 0 Å². The minimum Gasteiger partial charge on any atom is -0.309 e. The number of para-hydroxylation sites is 1. The maximum absolute atomic E-state index is 2.56. The summed E-state index contributed by atoms with van der Waals surface area (Å²) in [6.07, 6.45) is 0. The van der Waals surface area contributed by atoms with Crippen LogP contribution in [0.1, 0.15) is 132 Å². The molecule has 0 atom stereocenters. The van der Waals surface area contributed by atoms with Crippen molar-refractivity contribution < 1.29 is 0 Å². The van der Waals surface area contributed by atoms with Crippen molar-refractivity contribution in [2.75, 3.05) is 4.90 Å². The molecule has 1 aromatic heterocycles. The van der Waals surface area contributed by atoms with E-state index in [0.29, 0.717) is 0 Å². The normalized spacial score (nSPS) is 12.9.